The van der Waals surface area contributed by atoms with Gasteiger partial charge in [-0.05, 0) is 43.2 Å². The van der Waals surface area contributed by atoms with E-state index in [2.05, 4.69) is 16.5 Å². The number of fused-ring (bicyclic) bond motifs is 5. The Labute approximate surface area is 120 Å². The summed E-state index contributed by atoms with van der Waals surface area (Å²) >= 11 is 6.02. The van der Waals surface area contributed by atoms with Crippen molar-refractivity contribution in [1.29, 1.82) is 0 Å². The van der Waals surface area contributed by atoms with Crippen LogP contribution in [0.15, 0.2) is 36.5 Å². The molecule has 0 saturated heterocycles. The first-order valence-corrected chi connectivity index (χ1v) is 6.97. The smallest absolute Gasteiger partial charge is 0.132 e. The van der Waals surface area contributed by atoms with E-state index in [9.17, 15) is 4.39 Å². The molecule has 0 spiro atoms. The standard InChI is InChI=1S/C16H12ClFN2/c1-9-5-10-8-19-16(17)7-11(10)15-6-12-13(18)3-2-4-14(12)20(9)15/h2-4,6-9H,5H2,1H3. The van der Waals surface area contributed by atoms with Gasteiger partial charge in [-0.15, -0.1) is 0 Å². The molecule has 3 aromatic rings. The maximum absolute atomic E-state index is 14.0. The summed E-state index contributed by atoms with van der Waals surface area (Å²) < 4.78 is 16.2. The molecule has 0 fully saturated rings. The molecule has 1 aromatic carbocycles. The molecule has 0 N–H and O–H groups in total. The van der Waals surface area contributed by atoms with Gasteiger partial charge in [0.25, 0.3) is 0 Å². The van der Waals surface area contributed by atoms with E-state index in [1.165, 1.54) is 6.07 Å². The molecule has 3 heterocycles. The first-order valence-electron chi connectivity index (χ1n) is 6.59. The van der Waals surface area contributed by atoms with E-state index in [1.807, 2.05) is 24.4 Å². The lowest BCUT2D eigenvalue weighted by atomic mass is 9.97. The monoisotopic (exact) mass is 286 g/mol. The molecule has 0 aliphatic carbocycles. The van der Waals surface area contributed by atoms with Gasteiger partial charge in [-0.3, -0.25) is 0 Å². The van der Waals surface area contributed by atoms with Gasteiger partial charge in [0.1, 0.15) is 11.0 Å². The van der Waals surface area contributed by atoms with Crippen molar-refractivity contribution < 1.29 is 4.39 Å². The average molecular weight is 287 g/mol. The van der Waals surface area contributed by atoms with E-state index in [-0.39, 0.29) is 11.9 Å². The predicted octanol–water partition coefficient (Wildman–Crippen LogP) is 4.61. The molecule has 2 aromatic heterocycles. The van der Waals surface area contributed by atoms with Crippen molar-refractivity contribution in [2.45, 2.75) is 19.4 Å². The maximum atomic E-state index is 14.0. The highest BCUT2D eigenvalue weighted by atomic mass is 35.5. The Morgan fingerprint density at radius 1 is 1.35 bits per heavy atom. The summed E-state index contributed by atoms with van der Waals surface area (Å²) in [6, 6.07) is 9.28. The van der Waals surface area contributed by atoms with Gasteiger partial charge in [0.05, 0.1) is 5.52 Å². The SMILES string of the molecule is CC1Cc2cnc(Cl)cc2-c2cc3c(F)cccc3n21. The summed E-state index contributed by atoms with van der Waals surface area (Å²) in [6.07, 6.45) is 2.71. The molecule has 0 radical (unpaired) electrons. The molecular formula is C16H12ClFN2. The molecule has 1 aliphatic heterocycles. The van der Waals surface area contributed by atoms with Crippen LogP contribution in [0.25, 0.3) is 22.2 Å². The van der Waals surface area contributed by atoms with E-state index in [0.717, 1.165) is 28.8 Å². The van der Waals surface area contributed by atoms with Crippen molar-refractivity contribution >= 4 is 22.5 Å². The van der Waals surface area contributed by atoms with Crippen LogP contribution in [-0.4, -0.2) is 9.55 Å². The molecular weight excluding hydrogens is 275 g/mol. The quantitative estimate of drug-likeness (QED) is 0.552. The fourth-order valence-corrected chi connectivity index (χ4v) is 3.32. The van der Waals surface area contributed by atoms with Gasteiger partial charge < -0.3 is 4.57 Å². The second kappa shape index (κ2) is 4.06. The van der Waals surface area contributed by atoms with Crippen LogP contribution in [0.4, 0.5) is 4.39 Å². The molecule has 1 atom stereocenters. The number of hydrogen-bond acceptors (Lipinski definition) is 1. The molecule has 1 aliphatic rings. The van der Waals surface area contributed by atoms with E-state index in [4.69, 9.17) is 11.6 Å². The van der Waals surface area contributed by atoms with Crippen molar-refractivity contribution in [2.75, 3.05) is 0 Å². The third-order valence-electron chi connectivity index (χ3n) is 4.02. The third-order valence-corrected chi connectivity index (χ3v) is 4.22. The summed E-state index contributed by atoms with van der Waals surface area (Å²) in [7, 11) is 0. The third kappa shape index (κ3) is 1.53. The zero-order chi connectivity index (χ0) is 13.9. The van der Waals surface area contributed by atoms with E-state index < -0.39 is 0 Å². The van der Waals surface area contributed by atoms with Gasteiger partial charge in [-0.25, -0.2) is 9.37 Å². The van der Waals surface area contributed by atoms with Gasteiger partial charge >= 0.3 is 0 Å². The highest BCUT2D eigenvalue weighted by molar-refractivity contribution is 6.29. The van der Waals surface area contributed by atoms with Gasteiger partial charge in [-0.2, -0.15) is 0 Å². The summed E-state index contributed by atoms with van der Waals surface area (Å²) in [5.41, 5.74) is 4.17. The van der Waals surface area contributed by atoms with Crippen LogP contribution >= 0.6 is 11.6 Å². The van der Waals surface area contributed by atoms with Gasteiger partial charge in [0.15, 0.2) is 0 Å². The minimum absolute atomic E-state index is 0.182. The Kier molecular flexibility index (Phi) is 2.42. The van der Waals surface area contributed by atoms with Gasteiger partial charge in [-0.1, -0.05) is 17.7 Å². The maximum Gasteiger partial charge on any atom is 0.132 e. The molecule has 0 amide bonds. The summed E-state index contributed by atoms with van der Waals surface area (Å²) in [5, 5.41) is 1.13. The van der Waals surface area contributed by atoms with Crippen LogP contribution in [0.5, 0.6) is 0 Å². The van der Waals surface area contributed by atoms with Crippen molar-refractivity contribution in [2.24, 2.45) is 0 Å². The second-order valence-corrected chi connectivity index (χ2v) is 5.68. The largest absolute Gasteiger partial charge is 0.337 e. The van der Waals surface area contributed by atoms with Crippen molar-refractivity contribution in [3.8, 4) is 11.3 Å². The first kappa shape index (κ1) is 11.9. The van der Waals surface area contributed by atoms with Crippen LogP contribution in [0.3, 0.4) is 0 Å². The van der Waals surface area contributed by atoms with E-state index in [0.29, 0.717) is 10.5 Å². The molecule has 1 unspecified atom stereocenters. The van der Waals surface area contributed by atoms with Crippen molar-refractivity contribution in [3.63, 3.8) is 0 Å². The number of rotatable bonds is 0. The summed E-state index contributed by atoms with van der Waals surface area (Å²) in [5.74, 6) is -0.182. The minimum atomic E-state index is -0.182. The van der Waals surface area contributed by atoms with Crippen molar-refractivity contribution in [3.05, 3.63) is 53.1 Å². The Morgan fingerprint density at radius 3 is 3.05 bits per heavy atom. The van der Waals surface area contributed by atoms with Crippen LogP contribution in [0, 0.1) is 5.82 Å². The van der Waals surface area contributed by atoms with Crippen molar-refractivity contribution in [1.82, 2.24) is 9.55 Å². The number of nitrogens with zero attached hydrogens (tertiary/aromatic N) is 2. The molecule has 0 saturated carbocycles. The number of hydrogen-bond donors (Lipinski definition) is 0. The van der Waals surface area contributed by atoms with E-state index in [1.54, 1.807) is 6.07 Å². The molecule has 4 heteroatoms. The zero-order valence-electron chi connectivity index (χ0n) is 10.9. The lowest BCUT2D eigenvalue weighted by molar-refractivity contribution is 0.553. The molecule has 100 valence electrons. The molecule has 4 rings (SSSR count). The highest BCUT2D eigenvalue weighted by Gasteiger charge is 2.24. The normalized spacial score (nSPS) is 17.1. The fourth-order valence-electron chi connectivity index (χ4n) is 3.17. The number of aromatic nitrogens is 2. The van der Waals surface area contributed by atoms with Gasteiger partial charge in [0, 0.05) is 28.9 Å². The Hall–Kier alpha value is -1.87. The number of pyridine rings is 1. The molecule has 2 nitrogen and oxygen atoms in total. The molecule has 20 heavy (non-hydrogen) atoms. The van der Waals surface area contributed by atoms with Crippen LogP contribution in [0.2, 0.25) is 5.15 Å². The first-order chi connectivity index (χ1) is 9.65. The Morgan fingerprint density at radius 2 is 2.20 bits per heavy atom. The van der Waals surface area contributed by atoms with E-state index >= 15 is 0 Å². The molecule has 0 bridgehead atoms. The van der Waals surface area contributed by atoms with Crippen LogP contribution in [-0.2, 0) is 6.42 Å². The number of halogens is 2. The fraction of sp³-hybridized carbons (Fsp3) is 0.188. The topological polar surface area (TPSA) is 17.8 Å². The lowest BCUT2D eigenvalue weighted by Gasteiger charge is -2.26. The lowest BCUT2D eigenvalue weighted by Crippen LogP contribution is -2.15. The average Bonchev–Trinajstić information content (AvgIpc) is 2.82. The Balaban J connectivity index is 2.12. The summed E-state index contributed by atoms with van der Waals surface area (Å²) in [4.78, 5) is 4.15. The second-order valence-electron chi connectivity index (χ2n) is 5.29. The van der Waals surface area contributed by atoms with Gasteiger partial charge in [0.2, 0.25) is 0 Å². The number of benzene rings is 1. The highest BCUT2D eigenvalue weighted by Crippen LogP contribution is 2.40. The predicted molar refractivity (Wildman–Crippen MR) is 78.6 cm³/mol. The zero-order valence-corrected chi connectivity index (χ0v) is 11.7. The van der Waals surface area contributed by atoms with Crippen LogP contribution < -0.4 is 0 Å². The van der Waals surface area contributed by atoms with Crippen LogP contribution in [0.1, 0.15) is 18.5 Å². The minimum Gasteiger partial charge on any atom is -0.337 e. The Bertz CT molecular complexity index is 838. The summed E-state index contributed by atoms with van der Waals surface area (Å²) in [6.45, 7) is 2.14.